The summed E-state index contributed by atoms with van der Waals surface area (Å²) in [5.74, 6) is -0.0404. The first-order valence-corrected chi connectivity index (χ1v) is 7.52. The summed E-state index contributed by atoms with van der Waals surface area (Å²) < 4.78 is 0.991. The fourth-order valence-electron chi connectivity index (χ4n) is 2.01. The van der Waals surface area contributed by atoms with Gasteiger partial charge < -0.3 is 5.32 Å². The molecule has 2 aromatic rings. The molecule has 0 heterocycles. The van der Waals surface area contributed by atoms with Gasteiger partial charge in [0, 0.05) is 9.50 Å². The average Bonchev–Trinajstić information content (AvgIpc) is 2.41. The highest BCUT2D eigenvalue weighted by molar-refractivity contribution is 9.10. The summed E-state index contributed by atoms with van der Waals surface area (Å²) in [4.78, 5) is 12.1. The van der Waals surface area contributed by atoms with Gasteiger partial charge in [-0.15, -0.1) is 0 Å². The SMILES string of the molecule is CC(NC(=O)Cc1ccccc1Cl)c1ccccc1Br. The zero-order valence-electron chi connectivity index (χ0n) is 11.1. The number of carbonyl (C=O) groups excluding carboxylic acids is 1. The fraction of sp³-hybridized carbons (Fsp3) is 0.188. The second-order valence-corrected chi connectivity index (χ2v) is 5.84. The van der Waals surface area contributed by atoms with Crippen LogP contribution >= 0.6 is 27.5 Å². The highest BCUT2D eigenvalue weighted by atomic mass is 79.9. The molecule has 104 valence electrons. The van der Waals surface area contributed by atoms with Crippen LogP contribution in [0.5, 0.6) is 0 Å². The lowest BCUT2D eigenvalue weighted by atomic mass is 10.1. The highest BCUT2D eigenvalue weighted by Gasteiger charge is 2.13. The van der Waals surface area contributed by atoms with Crippen LogP contribution in [-0.2, 0) is 11.2 Å². The van der Waals surface area contributed by atoms with Gasteiger partial charge in [0.1, 0.15) is 0 Å². The van der Waals surface area contributed by atoms with Crippen LogP contribution in [0.25, 0.3) is 0 Å². The Morgan fingerprint density at radius 1 is 1.20 bits per heavy atom. The van der Waals surface area contributed by atoms with Crippen LogP contribution in [0.4, 0.5) is 0 Å². The molecule has 1 atom stereocenters. The number of hydrogen-bond acceptors (Lipinski definition) is 1. The first-order valence-electron chi connectivity index (χ1n) is 6.35. The van der Waals surface area contributed by atoms with Crippen LogP contribution in [0, 0.1) is 0 Å². The molecule has 0 spiro atoms. The van der Waals surface area contributed by atoms with Gasteiger partial charge >= 0.3 is 0 Å². The van der Waals surface area contributed by atoms with E-state index in [4.69, 9.17) is 11.6 Å². The van der Waals surface area contributed by atoms with E-state index >= 15 is 0 Å². The smallest absolute Gasteiger partial charge is 0.224 e. The molecule has 0 aliphatic rings. The Hall–Kier alpha value is -1.32. The van der Waals surface area contributed by atoms with Crippen LogP contribution < -0.4 is 5.32 Å². The van der Waals surface area contributed by atoms with E-state index in [-0.39, 0.29) is 18.4 Å². The van der Waals surface area contributed by atoms with Crippen LogP contribution in [0.3, 0.4) is 0 Å². The van der Waals surface area contributed by atoms with E-state index in [2.05, 4.69) is 21.2 Å². The summed E-state index contributed by atoms with van der Waals surface area (Å²) >= 11 is 9.55. The van der Waals surface area contributed by atoms with Crippen molar-refractivity contribution in [2.75, 3.05) is 0 Å². The Labute approximate surface area is 132 Å². The first kappa shape index (κ1) is 15.1. The molecule has 2 aromatic carbocycles. The lowest BCUT2D eigenvalue weighted by Crippen LogP contribution is -2.28. The van der Waals surface area contributed by atoms with Gasteiger partial charge in [-0.2, -0.15) is 0 Å². The molecule has 0 fully saturated rings. The molecule has 0 bridgehead atoms. The molecule has 2 rings (SSSR count). The second kappa shape index (κ2) is 6.91. The zero-order valence-corrected chi connectivity index (χ0v) is 13.4. The van der Waals surface area contributed by atoms with Crippen molar-refractivity contribution in [2.45, 2.75) is 19.4 Å². The molecular formula is C16H15BrClNO. The summed E-state index contributed by atoms with van der Waals surface area (Å²) in [6, 6.07) is 15.2. The van der Waals surface area contributed by atoms with E-state index in [9.17, 15) is 4.79 Å². The second-order valence-electron chi connectivity index (χ2n) is 4.58. The lowest BCUT2D eigenvalue weighted by molar-refractivity contribution is -0.121. The van der Waals surface area contributed by atoms with E-state index in [1.54, 1.807) is 6.07 Å². The number of carbonyl (C=O) groups is 1. The minimum absolute atomic E-state index is 0.0404. The topological polar surface area (TPSA) is 29.1 Å². The minimum atomic E-state index is -0.0550. The van der Waals surface area contributed by atoms with Gasteiger partial charge in [-0.05, 0) is 30.2 Å². The third-order valence-electron chi connectivity index (χ3n) is 3.06. The Morgan fingerprint density at radius 2 is 1.85 bits per heavy atom. The predicted molar refractivity (Wildman–Crippen MR) is 85.9 cm³/mol. The van der Waals surface area contributed by atoms with E-state index < -0.39 is 0 Å². The minimum Gasteiger partial charge on any atom is -0.349 e. The van der Waals surface area contributed by atoms with Crippen LogP contribution in [0.15, 0.2) is 53.0 Å². The molecule has 20 heavy (non-hydrogen) atoms. The van der Waals surface area contributed by atoms with Gasteiger partial charge in [0.25, 0.3) is 0 Å². The Kier molecular flexibility index (Phi) is 5.21. The van der Waals surface area contributed by atoms with E-state index in [1.165, 1.54) is 0 Å². The van der Waals surface area contributed by atoms with Crippen LogP contribution in [-0.4, -0.2) is 5.91 Å². The van der Waals surface area contributed by atoms with Crippen molar-refractivity contribution in [2.24, 2.45) is 0 Å². The van der Waals surface area contributed by atoms with Crippen LogP contribution in [0.1, 0.15) is 24.1 Å². The summed E-state index contributed by atoms with van der Waals surface area (Å²) in [6.07, 6.45) is 0.286. The van der Waals surface area contributed by atoms with Crippen molar-refractivity contribution < 1.29 is 4.79 Å². The van der Waals surface area contributed by atoms with E-state index in [1.807, 2.05) is 49.4 Å². The number of benzene rings is 2. The van der Waals surface area contributed by atoms with Crippen molar-refractivity contribution in [1.82, 2.24) is 5.32 Å². The third-order valence-corrected chi connectivity index (χ3v) is 4.15. The number of rotatable bonds is 4. The first-order chi connectivity index (χ1) is 9.58. The molecule has 1 N–H and O–H groups in total. The number of amides is 1. The maximum Gasteiger partial charge on any atom is 0.224 e. The molecular weight excluding hydrogens is 338 g/mol. The lowest BCUT2D eigenvalue weighted by Gasteiger charge is -2.16. The molecule has 2 nitrogen and oxygen atoms in total. The summed E-state index contributed by atoms with van der Waals surface area (Å²) in [7, 11) is 0. The van der Waals surface area contributed by atoms with Crippen molar-refractivity contribution in [1.29, 1.82) is 0 Å². The molecule has 0 aliphatic carbocycles. The zero-order chi connectivity index (χ0) is 14.5. The highest BCUT2D eigenvalue weighted by Crippen LogP contribution is 2.23. The third kappa shape index (κ3) is 3.84. The van der Waals surface area contributed by atoms with Gasteiger partial charge in [0.15, 0.2) is 0 Å². The standard InChI is InChI=1S/C16H15BrClNO/c1-11(13-7-3-4-8-14(13)17)19-16(20)10-12-6-2-5-9-15(12)18/h2-9,11H,10H2,1H3,(H,19,20). The van der Waals surface area contributed by atoms with Crippen molar-refractivity contribution in [3.8, 4) is 0 Å². The number of hydrogen-bond donors (Lipinski definition) is 1. The molecule has 1 unspecified atom stereocenters. The molecule has 0 saturated carbocycles. The largest absolute Gasteiger partial charge is 0.349 e. The number of halogens is 2. The van der Waals surface area contributed by atoms with Gasteiger partial charge in [-0.1, -0.05) is 63.9 Å². The Morgan fingerprint density at radius 3 is 2.55 bits per heavy atom. The predicted octanol–water partition coefficient (Wildman–Crippen LogP) is 4.52. The van der Waals surface area contributed by atoms with Gasteiger partial charge in [-0.25, -0.2) is 0 Å². The Bertz CT molecular complexity index is 615. The van der Waals surface area contributed by atoms with Crippen molar-refractivity contribution >= 4 is 33.4 Å². The van der Waals surface area contributed by atoms with E-state index in [0.29, 0.717) is 5.02 Å². The molecule has 1 amide bonds. The maximum atomic E-state index is 12.1. The molecule has 4 heteroatoms. The summed E-state index contributed by atoms with van der Waals surface area (Å²) in [6.45, 7) is 1.96. The fourth-order valence-corrected chi connectivity index (χ4v) is 2.84. The molecule has 0 aromatic heterocycles. The van der Waals surface area contributed by atoms with Gasteiger partial charge in [0.2, 0.25) is 5.91 Å². The Balaban J connectivity index is 2.02. The van der Waals surface area contributed by atoms with E-state index in [0.717, 1.165) is 15.6 Å². The normalized spacial score (nSPS) is 11.9. The molecule has 0 aliphatic heterocycles. The monoisotopic (exact) mass is 351 g/mol. The van der Waals surface area contributed by atoms with Crippen molar-refractivity contribution in [3.05, 3.63) is 69.2 Å². The van der Waals surface area contributed by atoms with Crippen LogP contribution in [0.2, 0.25) is 5.02 Å². The summed E-state index contributed by atoms with van der Waals surface area (Å²) in [5, 5.41) is 3.61. The quantitative estimate of drug-likeness (QED) is 0.861. The average molecular weight is 353 g/mol. The summed E-state index contributed by atoms with van der Waals surface area (Å²) in [5.41, 5.74) is 1.89. The maximum absolute atomic E-state index is 12.1. The van der Waals surface area contributed by atoms with Gasteiger partial charge in [0.05, 0.1) is 12.5 Å². The molecule has 0 radical (unpaired) electrons. The molecule has 0 saturated heterocycles. The number of nitrogens with one attached hydrogen (secondary N) is 1. The van der Waals surface area contributed by atoms with Gasteiger partial charge in [-0.3, -0.25) is 4.79 Å². The van der Waals surface area contributed by atoms with Crippen molar-refractivity contribution in [3.63, 3.8) is 0 Å².